The molecule has 0 unspecified atom stereocenters. The third-order valence-electron chi connectivity index (χ3n) is 3.44. The van der Waals surface area contributed by atoms with Crippen molar-refractivity contribution in [1.82, 2.24) is 0 Å². The number of hydrogen-bond acceptors (Lipinski definition) is 6. The van der Waals surface area contributed by atoms with Crippen LogP contribution in [-0.2, 0) is 14.3 Å². The molecule has 0 spiro atoms. The maximum Gasteiger partial charge on any atom is 0.344 e. The predicted octanol–water partition coefficient (Wildman–Crippen LogP) is 3.95. The van der Waals surface area contributed by atoms with Crippen LogP contribution in [0.4, 0.5) is 10.1 Å². The highest BCUT2D eigenvalue weighted by Gasteiger charge is 2.13. The Kier molecular flexibility index (Phi) is 8.72. The van der Waals surface area contributed by atoms with Crippen LogP contribution in [0.1, 0.15) is 13.8 Å². The molecule has 1 amide bonds. The van der Waals surface area contributed by atoms with Gasteiger partial charge in [0.1, 0.15) is 11.5 Å². The van der Waals surface area contributed by atoms with Crippen molar-refractivity contribution in [3.05, 3.63) is 46.7 Å². The third-order valence-corrected chi connectivity index (χ3v) is 3.93. The summed E-state index contributed by atoms with van der Waals surface area (Å²) in [7, 11) is 0. The summed E-state index contributed by atoms with van der Waals surface area (Å²) < 4.78 is 35.0. The van der Waals surface area contributed by atoms with Gasteiger partial charge < -0.3 is 24.3 Å². The fourth-order valence-corrected chi connectivity index (χ4v) is 2.58. The van der Waals surface area contributed by atoms with Crippen LogP contribution >= 0.6 is 15.9 Å². The van der Waals surface area contributed by atoms with Crippen LogP contribution in [0.3, 0.4) is 0 Å². The van der Waals surface area contributed by atoms with Gasteiger partial charge in [-0.25, -0.2) is 9.18 Å². The molecule has 2 aromatic carbocycles. The molecule has 9 heteroatoms. The lowest BCUT2D eigenvalue weighted by molar-refractivity contribution is -0.149. The fourth-order valence-electron chi connectivity index (χ4n) is 2.25. The largest absolute Gasteiger partial charge is 0.494 e. The molecular weight excluding hydrogens is 449 g/mol. The Morgan fingerprint density at radius 1 is 0.966 bits per heavy atom. The van der Waals surface area contributed by atoms with E-state index in [2.05, 4.69) is 21.2 Å². The van der Waals surface area contributed by atoms with Gasteiger partial charge in [0.2, 0.25) is 0 Å². The molecule has 2 aromatic rings. The van der Waals surface area contributed by atoms with E-state index in [9.17, 15) is 14.0 Å². The van der Waals surface area contributed by atoms with Gasteiger partial charge in [-0.2, -0.15) is 0 Å². The van der Waals surface area contributed by atoms with Crippen LogP contribution < -0.4 is 19.5 Å². The summed E-state index contributed by atoms with van der Waals surface area (Å²) in [6.07, 6.45) is 0. The highest BCUT2D eigenvalue weighted by atomic mass is 79.9. The van der Waals surface area contributed by atoms with Crippen molar-refractivity contribution in [2.24, 2.45) is 0 Å². The predicted molar refractivity (Wildman–Crippen MR) is 108 cm³/mol. The normalized spacial score (nSPS) is 10.2. The van der Waals surface area contributed by atoms with Crippen molar-refractivity contribution >= 4 is 33.5 Å². The minimum absolute atomic E-state index is 0.0938. The van der Waals surface area contributed by atoms with Gasteiger partial charge in [0.15, 0.2) is 24.8 Å². The number of carbonyl (C=O) groups is 2. The van der Waals surface area contributed by atoms with E-state index >= 15 is 0 Å². The Balaban J connectivity index is 1.87. The molecule has 2 rings (SSSR count). The molecule has 0 fully saturated rings. The first-order valence-corrected chi connectivity index (χ1v) is 9.65. The fraction of sp³-hybridized carbons (Fsp3) is 0.300. The zero-order valence-corrected chi connectivity index (χ0v) is 17.6. The Morgan fingerprint density at radius 3 is 2.38 bits per heavy atom. The van der Waals surface area contributed by atoms with Crippen LogP contribution in [-0.4, -0.2) is 38.3 Å². The molecule has 0 heterocycles. The summed E-state index contributed by atoms with van der Waals surface area (Å²) in [6, 6.07) is 9.18. The van der Waals surface area contributed by atoms with Gasteiger partial charge in [-0.15, -0.1) is 0 Å². The molecule has 156 valence electrons. The van der Waals surface area contributed by atoms with Crippen molar-refractivity contribution in [3.63, 3.8) is 0 Å². The van der Waals surface area contributed by atoms with E-state index in [4.69, 9.17) is 18.9 Å². The van der Waals surface area contributed by atoms with E-state index in [0.717, 1.165) is 0 Å². The molecule has 7 nitrogen and oxygen atoms in total. The second-order valence-electron chi connectivity index (χ2n) is 5.60. The van der Waals surface area contributed by atoms with Gasteiger partial charge in [0.05, 0.1) is 18.9 Å². The summed E-state index contributed by atoms with van der Waals surface area (Å²) in [5, 5.41) is 2.61. The highest BCUT2D eigenvalue weighted by molar-refractivity contribution is 9.10. The second kappa shape index (κ2) is 11.3. The number of anilines is 1. The molecule has 0 saturated heterocycles. The Morgan fingerprint density at radius 2 is 1.69 bits per heavy atom. The molecule has 1 N–H and O–H groups in total. The number of carbonyl (C=O) groups excluding carboxylic acids is 2. The molecule has 0 saturated carbocycles. The maximum atomic E-state index is 13.7. The number of amides is 1. The lowest BCUT2D eigenvalue weighted by Gasteiger charge is -2.13. The van der Waals surface area contributed by atoms with Crippen molar-refractivity contribution in [2.45, 2.75) is 13.8 Å². The molecule has 0 aliphatic rings. The average molecular weight is 470 g/mol. The number of rotatable bonds is 10. The van der Waals surface area contributed by atoms with E-state index < -0.39 is 30.9 Å². The Labute approximate surface area is 176 Å². The topological polar surface area (TPSA) is 83.1 Å². The maximum absolute atomic E-state index is 13.7. The number of ether oxygens (including phenoxy) is 4. The van der Waals surface area contributed by atoms with Gasteiger partial charge >= 0.3 is 5.97 Å². The lowest BCUT2D eigenvalue weighted by atomic mass is 10.2. The number of halogens is 2. The molecule has 0 radical (unpaired) electrons. The number of benzene rings is 2. The van der Waals surface area contributed by atoms with Gasteiger partial charge in [-0.1, -0.05) is 15.9 Å². The zero-order valence-electron chi connectivity index (χ0n) is 16.0. The van der Waals surface area contributed by atoms with Gasteiger partial charge in [-0.05, 0) is 44.2 Å². The highest BCUT2D eigenvalue weighted by Crippen LogP contribution is 2.29. The van der Waals surface area contributed by atoms with Crippen molar-refractivity contribution in [2.75, 3.05) is 31.7 Å². The number of nitrogens with one attached hydrogen (secondary N) is 1. The van der Waals surface area contributed by atoms with E-state index in [1.165, 1.54) is 12.1 Å². The Bertz CT molecular complexity index is 861. The Hall–Kier alpha value is -2.81. The molecule has 0 aliphatic carbocycles. The molecule has 29 heavy (non-hydrogen) atoms. The quantitative estimate of drug-likeness (QED) is 0.530. The smallest absolute Gasteiger partial charge is 0.344 e. The summed E-state index contributed by atoms with van der Waals surface area (Å²) >= 11 is 3.12. The molecular formula is C20H21BrFNO6. The summed E-state index contributed by atoms with van der Waals surface area (Å²) in [6.45, 7) is 3.48. The van der Waals surface area contributed by atoms with E-state index in [1.54, 1.807) is 24.3 Å². The van der Waals surface area contributed by atoms with Crippen molar-refractivity contribution < 1.29 is 32.9 Å². The second-order valence-corrected chi connectivity index (χ2v) is 6.51. The minimum Gasteiger partial charge on any atom is -0.494 e. The molecule has 0 aromatic heterocycles. The van der Waals surface area contributed by atoms with Crippen LogP contribution in [0.15, 0.2) is 40.9 Å². The standard InChI is InChI=1S/C20H21BrFNO6/c1-3-26-14-6-8-18(27-4-2)16(10-14)23-19(24)11-29-20(25)12-28-17-7-5-13(21)9-15(17)22/h5-10H,3-4,11-12H2,1-2H3,(H,23,24). The van der Waals surface area contributed by atoms with E-state index in [-0.39, 0.29) is 5.75 Å². The molecule has 0 bridgehead atoms. The lowest BCUT2D eigenvalue weighted by Crippen LogP contribution is -2.24. The average Bonchev–Trinajstić information content (AvgIpc) is 2.68. The van der Waals surface area contributed by atoms with Crippen LogP contribution in [0, 0.1) is 5.82 Å². The third kappa shape index (κ3) is 7.26. The molecule has 0 atom stereocenters. The van der Waals surface area contributed by atoms with Crippen LogP contribution in [0.2, 0.25) is 0 Å². The van der Waals surface area contributed by atoms with Crippen molar-refractivity contribution in [3.8, 4) is 17.2 Å². The summed E-state index contributed by atoms with van der Waals surface area (Å²) in [5.41, 5.74) is 0.395. The SMILES string of the molecule is CCOc1ccc(OCC)c(NC(=O)COC(=O)COc2ccc(Br)cc2F)c1. The number of hydrogen-bond donors (Lipinski definition) is 1. The van der Waals surface area contributed by atoms with Gasteiger partial charge in [0.25, 0.3) is 5.91 Å². The zero-order chi connectivity index (χ0) is 21.2. The first kappa shape index (κ1) is 22.5. The molecule has 0 aliphatic heterocycles. The van der Waals surface area contributed by atoms with Gasteiger partial charge in [0, 0.05) is 10.5 Å². The first-order valence-electron chi connectivity index (χ1n) is 8.85. The number of esters is 1. The summed E-state index contributed by atoms with van der Waals surface area (Å²) in [5.74, 6) is -1.07. The summed E-state index contributed by atoms with van der Waals surface area (Å²) in [4.78, 5) is 23.9. The van der Waals surface area contributed by atoms with Crippen molar-refractivity contribution in [1.29, 1.82) is 0 Å². The van der Waals surface area contributed by atoms with E-state index in [0.29, 0.717) is 34.9 Å². The minimum atomic E-state index is -0.810. The van der Waals surface area contributed by atoms with Gasteiger partial charge in [-0.3, -0.25) is 4.79 Å². The first-order chi connectivity index (χ1) is 13.9. The van der Waals surface area contributed by atoms with Crippen LogP contribution in [0.25, 0.3) is 0 Å². The van der Waals surface area contributed by atoms with E-state index in [1.807, 2.05) is 13.8 Å². The van der Waals surface area contributed by atoms with Crippen LogP contribution in [0.5, 0.6) is 17.2 Å². The monoisotopic (exact) mass is 469 g/mol.